The van der Waals surface area contributed by atoms with Gasteiger partial charge in [0.2, 0.25) is 5.95 Å². The van der Waals surface area contributed by atoms with E-state index in [4.69, 9.17) is 5.73 Å². The minimum absolute atomic E-state index is 0.326. The predicted octanol–water partition coefficient (Wildman–Crippen LogP) is 1.20. The number of aryl methyl sites for hydroxylation is 2. The molecule has 0 amide bonds. The van der Waals surface area contributed by atoms with Gasteiger partial charge in [0.15, 0.2) is 0 Å². The van der Waals surface area contributed by atoms with Crippen molar-refractivity contribution in [1.29, 1.82) is 0 Å². The van der Waals surface area contributed by atoms with Gasteiger partial charge < -0.3 is 4.98 Å². The molecule has 2 rings (SSSR count). The van der Waals surface area contributed by atoms with Crippen LogP contribution < -0.4 is 5.73 Å². The van der Waals surface area contributed by atoms with Gasteiger partial charge in [-0.15, -0.1) is 0 Å². The summed E-state index contributed by atoms with van der Waals surface area (Å²) in [4.78, 5) is 7.01. The number of hydrogen-bond acceptors (Lipinski definition) is 1. The lowest BCUT2D eigenvalue weighted by atomic mass is 10.0. The van der Waals surface area contributed by atoms with Crippen molar-refractivity contribution < 1.29 is 0 Å². The summed E-state index contributed by atoms with van der Waals surface area (Å²) in [5, 5.41) is 0. The third-order valence-corrected chi connectivity index (χ3v) is 1.95. The molecule has 1 heterocycles. The third kappa shape index (κ3) is 0.781. The second-order valence-corrected chi connectivity index (χ2v) is 2.72. The number of hydrogen-bond donors (Lipinski definition) is 1. The molecule has 1 aliphatic rings. The molecule has 1 aromatic heterocycles. The fraction of sp³-hybridized carbons (Fsp3) is 0.571. The summed E-state index contributed by atoms with van der Waals surface area (Å²) in [7, 11) is 0. The van der Waals surface area contributed by atoms with Crippen LogP contribution in [0.15, 0.2) is 0 Å². The molecule has 0 saturated heterocycles. The first kappa shape index (κ1) is 5.77. The van der Waals surface area contributed by atoms with Crippen LogP contribution in [0.2, 0.25) is 0 Å². The number of nitrogens with zero attached hydrogens (tertiary/aromatic N) is 1. The number of imidazole rings is 1. The fourth-order valence-electron chi connectivity index (χ4n) is 1.45. The van der Waals surface area contributed by atoms with Gasteiger partial charge in [-0.25, -0.2) is 4.98 Å². The highest BCUT2D eigenvalue weighted by molar-refractivity contribution is 5.24. The smallest absolute Gasteiger partial charge is 0.219 e. The van der Waals surface area contributed by atoms with E-state index in [9.17, 15) is 0 Å². The quantitative estimate of drug-likeness (QED) is 0.572. The van der Waals surface area contributed by atoms with E-state index in [0.29, 0.717) is 5.95 Å². The molecule has 0 aliphatic heterocycles. The highest BCUT2D eigenvalue weighted by Gasteiger charge is 2.12. The lowest BCUT2D eigenvalue weighted by Crippen LogP contribution is -2.00. The van der Waals surface area contributed by atoms with Crippen LogP contribution in [0.4, 0.5) is 5.95 Å². The van der Waals surface area contributed by atoms with Crippen molar-refractivity contribution in [1.82, 2.24) is 15.7 Å². The van der Waals surface area contributed by atoms with Gasteiger partial charge in [-0.3, -0.25) is 5.73 Å². The largest absolute Gasteiger partial charge is 0.327 e. The van der Waals surface area contributed by atoms with E-state index in [0.717, 1.165) is 18.5 Å². The first-order valence-electron chi connectivity index (χ1n) is 3.65. The van der Waals surface area contributed by atoms with Crippen molar-refractivity contribution in [2.75, 3.05) is 0 Å². The molecule has 0 unspecified atom stereocenters. The highest BCUT2D eigenvalue weighted by atomic mass is 15.0. The minimum Gasteiger partial charge on any atom is -0.327 e. The zero-order valence-corrected chi connectivity index (χ0v) is 5.78. The van der Waals surface area contributed by atoms with Gasteiger partial charge in [0, 0.05) is 5.69 Å². The van der Waals surface area contributed by atoms with E-state index in [1.54, 1.807) is 0 Å². The Labute approximate surface area is 59.7 Å². The van der Waals surface area contributed by atoms with Gasteiger partial charge in [0.25, 0.3) is 0 Å². The molecule has 3 heteroatoms. The van der Waals surface area contributed by atoms with Crippen LogP contribution in [-0.4, -0.2) is 9.97 Å². The summed E-state index contributed by atoms with van der Waals surface area (Å²) in [6.07, 6.45) is 4.62. The number of nitrogens with one attached hydrogen (secondary N) is 2. The average Bonchev–Trinajstić information content (AvgIpc) is 2.27. The Morgan fingerprint density at radius 3 is 2.90 bits per heavy atom. The normalized spacial score (nSPS) is 16.8. The van der Waals surface area contributed by atoms with E-state index >= 15 is 0 Å². The van der Waals surface area contributed by atoms with Gasteiger partial charge in [0.1, 0.15) is 0 Å². The van der Waals surface area contributed by atoms with Crippen molar-refractivity contribution in [2.24, 2.45) is 0 Å². The van der Waals surface area contributed by atoms with Gasteiger partial charge in [-0.1, -0.05) is 0 Å². The summed E-state index contributed by atoms with van der Waals surface area (Å²) in [5.41, 5.74) is 9.54. The lowest BCUT2D eigenvalue weighted by Gasteiger charge is -2.07. The monoisotopic (exact) mass is 136 g/mol. The molecule has 1 aliphatic carbocycles. The van der Waals surface area contributed by atoms with Crippen molar-refractivity contribution in [3.8, 4) is 0 Å². The van der Waals surface area contributed by atoms with Crippen molar-refractivity contribution in [3.05, 3.63) is 11.4 Å². The Kier molecular flexibility index (Phi) is 1.16. The van der Waals surface area contributed by atoms with Crippen LogP contribution >= 0.6 is 0 Å². The molecule has 0 atom stereocenters. The van der Waals surface area contributed by atoms with E-state index in [-0.39, 0.29) is 0 Å². The van der Waals surface area contributed by atoms with Crippen LogP contribution in [0.3, 0.4) is 0 Å². The molecule has 1 radical (unpaired) electrons. The zero-order chi connectivity index (χ0) is 6.97. The Hall–Kier alpha value is -0.990. The number of aromatic nitrogens is 2. The Balaban J connectivity index is 2.41. The van der Waals surface area contributed by atoms with Crippen molar-refractivity contribution in [2.45, 2.75) is 25.7 Å². The minimum atomic E-state index is 0.326. The van der Waals surface area contributed by atoms with Crippen LogP contribution in [0, 0.1) is 0 Å². The number of aromatic amines is 1. The summed E-state index contributed by atoms with van der Waals surface area (Å²) in [6.45, 7) is 0. The number of rotatable bonds is 0. The fourth-order valence-corrected chi connectivity index (χ4v) is 1.45. The van der Waals surface area contributed by atoms with Gasteiger partial charge in [-0.05, 0) is 25.7 Å². The van der Waals surface area contributed by atoms with E-state index < -0.39 is 0 Å². The first-order valence-corrected chi connectivity index (χ1v) is 3.65. The molecule has 0 spiro atoms. The van der Waals surface area contributed by atoms with Crippen LogP contribution in [0.5, 0.6) is 0 Å². The standard InChI is InChI=1S/C7H10N3/c8-7-9-5-3-1-2-4-6(5)10-7/h8H,1-4H2,(H,9,10). The van der Waals surface area contributed by atoms with Gasteiger partial charge in [-0.2, -0.15) is 0 Å². The van der Waals surface area contributed by atoms with Crippen molar-refractivity contribution >= 4 is 5.95 Å². The molecule has 1 aromatic rings. The summed E-state index contributed by atoms with van der Waals surface area (Å²) >= 11 is 0. The second-order valence-electron chi connectivity index (χ2n) is 2.72. The van der Waals surface area contributed by atoms with E-state index in [1.165, 1.54) is 18.5 Å². The maximum atomic E-state index is 7.22. The summed E-state index contributed by atoms with van der Waals surface area (Å²) < 4.78 is 0. The molecular formula is C7H10N3. The Morgan fingerprint density at radius 2 is 2.10 bits per heavy atom. The number of fused-ring (bicyclic) bond motifs is 1. The predicted molar refractivity (Wildman–Crippen MR) is 38.0 cm³/mol. The van der Waals surface area contributed by atoms with Crippen molar-refractivity contribution in [3.63, 3.8) is 0 Å². The second kappa shape index (κ2) is 2.01. The zero-order valence-electron chi connectivity index (χ0n) is 5.78. The Bertz CT molecular complexity index is 215. The molecule has 10 heavy (non-hydrogen) atoms. The lowest BCUT2D eigenvalue weighted by molar-refractivity contribution is 0.667. The first-order chi connectivity index (χ1) is 4.86. The molecule has 0 bridgehead atoms. The molecule has 0 fully saturated rings. The van der Waals surface area contributed by atoms with E-state index in [1.807, 2.05) is 0 Å². The number of H-pyrrole nitrogens is 1. The Morgan fingerprint density at radius 1 is 1.30 bits per heavy atom. The van der Waals surface area contributed by atoms with Gasteiger partial charge in [0.05, 0.1) is 5.69 Å². The van der Waals surface area contributed by atoms with Crippen LogP contribution in [0.1, 0.15) is 24.2 Å². The summed E-state index contributed by atoms with van der Waals surface area (Å²) in [6, 6.07) is 0. The topological polar surface area (TPSA) is 52.5 Å². The maximum absolute atomic E-state index is 7.22. The van der Waals surface area contributed by atoms with Gasteiger partial charge >= 0.3 is 0 Å². The SMILES string of the molecule is [NH]c1nc2c([nH]1)CCCC2. The van der Waals surface area contributed by atoms with E-state index in [2.05, 4.69) is 9.97 Å². The maximum Gasteiger partial charge on any atom is 0.219 e. The average molecular weight is 136 g/mol. The molecular weight excluding hydrogens is 126 g/mol. The molecule has 0 saturated carbocycles. The molecule has 0 aromatic carbocycles. The molecule has 53 valence electrons. The summed E-state index contributed by atoms with van der Waals surface area (Å²) in [5.74, 6) is 0.326. The van der Waals surface area contributed by atoms with Crippen LogP contribution in [0.25, 0.3) is 0 Å². The molecule has 3 nitrogen and oxygen atoms in total. The molecule has 2 N–H and O–H groups in total. The third-order valence-electron chi connectivity index (χ3n) is 1.95. The van der Waals surface area contributed by atoms with Crippen LogP contribution in [-0.2, 0) is 12.8 Å². The highest BCUT2D eigenvalue weighted by Crippen LogP contribution is 2.19.